The predicted molar refractivity (Wildman–Crippen MR) is 201 cm³/mol. The summed E-state index contributed by atoms with van der Waals surface area (Å²) in [6, 6.07) is -0.903. The summed E-state index contributed by atoms with van der Waals surface area (Å²) in [6.07, 6.45) is 36.1. The summed E-state index contributed by atoms with van der Waals surface area (Å²) in [4.78, 5) is 25.1. The molecule has 8 nitrogen and oxygen atoms in total. The summed E-state index contributed by atoms with van der Waals surface area (Å²) in [5.74, 6) is -0.216. The van der Waals surface area contributed by atoms with E-state index in [-0.39, 0.29) is 12.5 Å². The summed E-state index contributed by atoms with van der Waals surface area (Å²) in [5.41, 5.74) is 0. The Morgan fingerprint density at radius 2 is 1.17 bits per heavy atom. The molecular weight excluding hydrogens is 623 g/mol. The average molecular weight is 699 g/mol. The third-order valence-electron chi connectivity index (χ3n) is 8.33. The van der Waals surface area contributed by atoms with Gasteiger partial charge in [-0.3, -0.25) is 9.36 Å². The summed E-state index contributed by atoms with van der Waals surface area (Å²) in [5, 5.41) is 13.7. The fraction of sp³-hybridized carbons (Fsp3) is 0.821. The summed E-state index contributed by atoms with van der Waals surface area (Å²) in [7, 11) is 1.23. The van der Waals surface area contributed by atoms with Crippen LogP contribution in [-0.4, -0.2) is 68.5 Å². The van der Waals surface area contributed by atoms with Crippen molar-refractivity contribution >= 4 is 13.7 Å². The van der Waals surface area contributed by atoms with Crippen molar-refractivity contribution in [1.82, 2.24) is 5.32 Å². The SMILES string of the molecule is CCCCCCC/C=C/CC/C=C/CC/C=C/C(O)C(COP(=O)([O-])OCC[N+](C)(C)C)NC(=O)CCCCCCCCCCCCC. The molecule has 0 spiro atoms. The maximum absolute atomic E-state index is 12.7. The van der Waals surface area contributed by atoms with Crippen LogP contribution in [0.25, 0.3) is 0 Å². The zero-order valence-electron chi connectivity index (χ0n) is 31.7. The van der Waals surface area contributed by atoms with Crippen molar-refractivity contribution in [2.75, 3.05) is 40.9 Å². The lowest BCUT2D eigenvalue weighted by Gasteiger charge is -2.29. The number of hydrogen-bond acceptors (Lipinski definition) is 6. The third-order valence-corrected chi connectivity index (χ3v) is 9.29. The molecule has 0 aromatic carbocycles. The van der Waals surface area contributed by atoms with Crippen molar-refractivity contribution in [2.45, 2.75) is 167 Å². The number of nitrogens with zero attached hydrogens (tertiary/aromatic N) is 1. The zero-order chi connectivity index (χ0) is 35.8. The van der Waals surface area contributed by atoms with Crippen LogP contribution in [-0.2, 0) is 18.4 Å². The Bertz CT molecular complexity index is 886. The van der Waals surface area contributed by atoms with Crippen LogP contribution in [0.1, 0.15) is 155 Å². The van der Waals surface area contributed by atoms with Gasteiger partial charge in [-0.25, -0.2) is 0 Å². The number of quaternary nitrogens is 1. The Hall–Kier alpha value is -1.28. The van der Waals surface area contributed by atoms with E-state index in [9.17, 15) is 19.4 Å². The van der Waals surface area contributed by atoms with E-state index < -0.39 is 26.6 Å². The first kappa shape index (κ1) is 46.7. The first-order chi connectivity index (χ1) is 23.0. The summed E-state index contributed by atoms with van der Waals surface area (Å²) < 4.78 is 23.0. The average Bonchev–Trinajstić information content (AvgIpc) is 3.02. The van der Waals surface area contributed by atoms with Crippen molar-refractivity contribution in [2.24, 2.45) is 0 Å². The lowest BCUT2D eigenvalue weighted by atomic mass is 10.0. The number of rotatable bonds is 34. The van der Waals surface area contributed by atoms with Gasteiger partial charge in [0.15, 0.2) is 0 Å². The fourth-order valence-electron chi connectivity index (χ4n) is 5.18. The maximum atomic E-state index is 12.7. The molecule has 3 unspecified atom stereocenters. The van der Waals surface area contributed by atoms with Gasteiger partial charge < -0.3 is 28.8 Å². The molecule has 3 atom stereocenters. The largest absolute Gasteiger partial charge is 0.756 e. The smallest absolute Gasteiger partial charge is 0.268 e. The Balaban J connectivity index is 4.62. The molecule has 0 saturated carbocycles. The first-order valence-corrected chi connectivity index (χ1v) is 20.8. The van der Waals surface area contributed by atoms with Gasteiger partial charge in [0.05, 0.1) is 39.9 Å². The molecule has 48 heavy (non-hydrogen) atoms. The molecule has 0 radical (unpaired) electrons. The van der Waals surface area contributed by atoms with Gasteiger partial charge in [0, 0.05) is 6.42 Å². The van der Waals surface area contributed by atoms with Crippen molar-refractivity contribution in [3.05, 3.63) is 36.5 Å². The van der Waals surface area contributed by atoms with Crippen LogP contribution >= 0.6 is 7.82 Å². The van der Waals surface area contributed by atoms with E-state index in [4.69, 9.17) is 9.05 Å². The lowest BCUT2D eigenvalue weighted by molar-refractivity contribution is -0.870. The highest BCUT2D eigenvalue weighted by Crippen LogP contribution is 2.38. The predicted octanol–water partition coefficient (Wildman–Crippen LogP) is 9.33. The molecular formula is C39H75N2O6P. The number of hydrogen-bond donors (Lipinski definition) is 2. The minimum atomic E-state index is -4.59. The second kappa shape index (κ2) is 31.7. The lowest BCUT2D eigenvalue weighted by Crippen LogP contribution is -2.45. The van der Waals surface area contributed by atoms with Gasteiger partial charge in [0.2, 0.25) is 5.91 Å². The van der Waals surface area contributed by atoms with E-state index in [1.165, 1.54) is 89.9 Å². The van der Waals surface area contributed by atoms with Gasteiger partial charge in [-0.2, -0.15) is 0 Å². The number of phosphoric acid groups is 1. The maximum Gasteiger partial charge on any atom is 0.268 e. The molecule has 0 rings (SSSR count). The van der Waals surface area contributed by atoms with Crippen LogP contribution in [0.4, 0.5) is 0 Å². The zero-order valence-corrected chi connectivity index (χ0v) is 32.6. The first-order valence-electron chi connectivity index (χ1n) is 19.4. The van der Waals surface area contributed by atoms with Gasteiger partial charge in [0.1, 0.15) is 13.2 Å². The highest BCUT2D eigenvalue weighted by Gasteiger charge is 2.23. The summed E-state index contributed by atoms with van der Waals surface area (Å²) in [6.45, 7) is 4.56. The highest BCUT2D eigenvalue weighted by molar-refractivity contribution is 7.45. The minimum absolute atomic E-state index is 0.00839. The van der Waals surface area contributed by atoms with Crippen LogP contribution in [0.2, 0.25) is 0 Å². The van der Waals surface area contributed by atoms with Crippen LogP contribution in [0, 0.1) is 0 Å². The molecule has 0 aliphatic rings. The van der Waals surface area contributed by atoms with Gasteiger partial charge >= 0.3 is 0 Å². The topological polar surface area (TPSA) is 108 Å². The van der Waals surface area contributed by atoms with E-state index in [1.807, 2.05) is 27.2 Å². The highest BCUT2D eigenvalue weighted by atomic mass is 31.2. The van der Waals surface area contributed by atoms with Gasteiger partial charge in [-0.05, 0) is 44.9 Å². The molecule has 282 valence electrons. The van der Waals surface area contributed by atoms with Gasteiger partial charge in [-0.1, -0.05) is 140 Å². The number of amides is 1. The molecule has 0 bridgehead atoms. The molecule has 0 aromatic heterocycles. The van der Waals surface area contributed by atoms with Crippen molar-refractivity contribution in [3.8, 4) is 0 Å². The molecule has 0 fully saturated rings. The Labute approximate surface area is 296 Å². The normalized spacial score (nSPS) is 15.1. The molecule has 1 amide bonds. The number of likely N-dealkylation sites (N-methyl/N-ethyl adjacent to an activating group) is 1. The quantitative estimate of drug-likeness (QED) is 0.0300. The molecule has 0 saturated heterocycles. The van der Waals surface area contributed by atoms with Crippen molar-refractivity contribution in [1.29, 1.82) is 0 Å². The van der Waals surface area contributed by atoms with E-state index >= 15 is 0 Å². The van der Waals surface area contributed by atoms with Gasteiger partial charge in [0.25, 0.3) is 7.82 Å². The molecule has 9 heteroatoms. The van der Waals surface area contributed by atoms with E-state index in [2.05, 4.69) is 43.5 Å². The van der Waals surface area contributed by atoms with Crippen LogP contribution in [0.15, 0.2) is 36.5 Å². The monoisotopic (exact) mass is 699 g/mol. The van der Waals surface area contributed by atoms with Crippen LogP contribution in [0.5, 0.6) is 0 Å². The molecule has 0 aromatic rings. The van der Waals surface area contributed by atoms with Crippen molar-refractivity contribution < 1.29 is 32.9 Å². The standard InChI is InChI=1S/C39H75N2O6P/c1-6-8-10-12-14-16-18-19-20-21-23-24-26-28-30-32-38(42)37(36-47-48(44,45)46-35-34-41(3,4)5)40-39(43)33-31-29-27-25-22-17-15-13-11-9-7-2/h18-19,23-24,30,32,37-38,42H,6-17,20-22,25-29,31,33-36H2,1-5H3,(H-,40,43,44,45)/b19-18+,24-23+,32-30+. The number of allylic oxidation sites excluding steroid dienone is 5. The Kier molecular flexibility index (Phi) is 30.8. The summed E-state index contributed by atoms with van der Waals surface area (Å²) >= 11 is 0. The Morgan fingerprint density at radius 3 is 1.69 bits per heavy atom. The number of aliphatic hydroxyl groups is 1. The Morgan fingerprint density at radius 1 is 0.708 bits per heavy atom. The van der Waals surface area contributed by atoms with E-state index in [0.717, 1.165) is 44.9 Å². The second-order valence-electron chi connectivity index (χ2n) is 14.3. The fourth-order valence-corrected chi connectivity index (χ4v) is 5.90. The van der Waals surface area contributed by atoms with Crippen LogP contribution in [0.3, 0.4) is 0 Å². The van der Waals surface area contributed by atoms with E-state index in [0.29, 0.717) is 17.4 Å². The molecule has 0 aliphatic heterocycles. The third kappa shape index (κ3) is 33.2. The number of carbonyl (C=O) groups excluding carboxylic acids is 1. The number of carbonyl (C=O) groups is 1. The molecule has 0 heterocycles. The second-order valence-corrected chi connectivity index (χ2v) is 15.7. The van der Waals surface area contributed by atoms with E-state index in [1.54, 1.807) is 6.08 Å². The van der Waals surface area contributed by atoms with Crippen molar-refractivity contribution in [3.63, 3.8) is 0 Å². The number of unbranched alkanes of at least 4 members (excludes halogenated alkanes) is 17. The molecule has 2 N–H and O–H groups in total. The van der Waals surface area contributed by atoms with Crippen LogP contribution < -0.4 is 10.2 Å². The molecule has 0 aliphatic carbocycles. The number of phosphoric ester groups is 1. The minimum Gasteiger partial charge on any atom is -0.756 e. The van der Waals surface area contributed by atoms with Gasteiger partial charge in [-0.15, -0.1) is 0 Å². The number of nitrogens with one attached hydrogen (secondary N) is 1. The number of aliphatic hydroxyl groups excluding tert-OH is 1.